The second kappa shape index (κ2) is 6.96. The normalized spacial score (nSPS) is 21.1. The number of piperidine rings is 1. The van der Waals surface area contributed by atoms with Crippen LogP contribution >= 0.6 is 0 Å². The van der Waals surface area contributed by atoms with Gasteiger partial charge < -0.3 is 15.1 Å². The maximum absolute atomic E-state index is 12.3. The number of aromatic nitrogens is 1. The van der Waals surface area contributed by atoms with Crippen LogP contribution < -0.4 is 10.6 Å². The van der Waals surface area contributed by atoms with E-state index in [2.05, 4.69) is 22.5 Å². The fraction of sp³-hybridized carbons (Fsp3) is 0.444. The summed E-state index contributed by atoms with van der Waals surface area (Å²) < 4.78 is 5.71. The SMILES string of the molecule is Cc1oc(-c2ccccc2)nc1CC(=O)NC1CNCCC1C. The lowest BCUT2D eigenvalue weighted by molar-refractivity contribution is -0.121. The molecule has 0 aliphatic carbocycles. The maximum atomic E-state index is 12.3. The molecule has 2 unspecified atom stereocenters. The molecule has 5 heteroatoms. The van der Waals surface area contributed by atoms with Gasteiger partial charge >= 0.3 is 0 Å². The van der Waals surface area contributed by atoms with Crippen LogP contribution in [0.3, 0.4) is 0 Å². The molecule has 1 fully saturated rings. The Morgan fingerprint density at radius 1 is 1.39 bits per heavy atom. The number of oxazole rings is 1. The summed E-state index contributed by atoms with van der Waals surface area (Å²) in [5, 5.41) is 6.43. The molecule has 1 amide bonds. The van der Waals surface area contributed by atoms with Gasteiger partial charge in [-0.25, -0.2) is 4.98 Å². The number of hydrogen-bond donors (Lipinski definition) is 2. The quantitative estimate of drug-likeness (QED) is 0.909. The Kier molecular flexibility index (Phi) is 4.76. The molecular weight excluding hydrogens is 290 g/mol. The minimum absolute atomic E-state index is 0.00145. The van der Waals surface area contributed by atoms with Crippen LogP contribution in [-0.4, -0.2) is 30.0 Å². The van der Waals surface area contributed by atoms with Gasteiger partial charge in [0.1, 0.15) is 5.76 Å². The number of nitrogens with one attached hydrogen (secondary N) is 2. The zero-order chi connectivity index (χ0) is 16.2. The van der Waals surface area contributed by atoms with Crippen molar-refractivity contribution in [1.82, 2.24) is 15.6 Å². The van der Waals surface area contributed by atoms with Crippen molar-refractivity contribution in [2.75, 3.05) is 13.1 Å². The van der Waals surface area contributed by atoms with Crippen LogP contribution in [0, 0.1) is 12.8 Å². The standard InChI is InChI=1S/C18H23N3O2/c1-12-8-9-19-11-16(12)20-17(22)10-15-13(2)23-18(21-15)14-6-4-3-5-7-14/h3-7,12,16,19H,8-11H2,1-2H3,(H,20,22). The number of rotatable bonds is 4. The van der Waals surface area contributed by atoms with Crippen molar-refractivity contribution < 1.29 is 9.21 Å². The first kappa shape index (κ1) is 15.7. The summed E-state index contributed by atoms with van der Waals surface area (Å²) in [5.74, 6) is 1.77. The van der Waals surface area contributed by atoms with Gasteiger partial charge in [0.25, 0.3) is 0 Å². The molecule has 1 aliphatic heterocycles. The molecule has 2 atom stereocenters. The van der Waals surface area contributed by atoms with Crippen molar-refractivity contribution in [1.29, 1.82) is 0 Å². The zero-order valence-corrected chi connectivity index (χ0v) is 13.6. The summed E-state index contributed by atoms with van der Waals surface area (Å²) in [5.41, 5.74) is 1.63. The van der Waals surface area contributed by atoms with Crippen LogP contribution in [0.4, 0.5) is 0 Å². The van der Waals surface area contributed by atoms with Crippen molar-refractivity contribution in [2.45, 2.75) is 32.7 Å². The van der Waals surface area contributed by atoms with Gasteiger partial charge in [-0.3, -0.25) is 4.79 Å². The zero-order valence-electron chi connectivity index (χ0n) is 13.6. The third kappa shape index (κ3) is 3.79. The molecule has 1 saturated heterocycles. The molecular formula is C18H23N3O2. The summed E-state index contributed by atoms with van der Waals surface area (Å²) in [4.78, 5) is 16.8. The van der Waals surface area contributed by atoms with E-state index in [1.807, 2.05) is 37.3 Å². The first-order valence-corrected chi connectivity index (χ1v) is 8.15. The van der Waals surface area contributed by atoms with E-state index < -0.39 is 0 Å². The third-order valence-corrected chi connectivity index (χ3v) is 4.42. The molecule has 0 radical (unpaired) electrons. The first-order chi connectivity index (χ1) is 11.1. The van der Waals surface area contributed by atoms with Gasteiger partial charge in [-0.1, -0.05) is 25.1 Å². The van der Waals surface area contributed by atoms with E-state index in [4.69, 9.17) is 4.42 Å². The molecule has 122 valence electrons. The summed E-state index contributed by atoms with van der Waals surface area (Å²) >= 11 is 0. The highest BCUT2D eigenvalue weighted by Gasteiger charge is 2.23. The Hall–Kier alpha value is -2.14. The Balaban J connectivity index is 1.66. The number of hydrogen-bond acceptors (Lipinski definition) is 4. The van der Waals surface area contributed by atoms with E-state index in [1.165, 1.54) is 0 Å². The van der Waals surface area contributed by atoms with E-state index in [-0.39, 0.29) is 18.4 Å². The van der Waals surface area contributed by atoms with Crippen molar-refractivity contribution in [3.05, 3.63) is 41.8 Å². The molecule has 0 saturated carbocycles. The summed E-state index contributed by atoms with van der Waals surface area (Å²) in [6.45, 7) is 5.89. The molecule has 1 aromatic carbocycles. The molecule has 2 heterocycles. The number of benzene rings is 1. The van der Waals surface area contributed by atoms with Crippen molar-refractivity contribution in [2.24, 2.45) is 5.92 Å². The first-order valence-electron chi connectivity index (χ1n) is 8.15. The molecule has 1 aliphatic rings. The lowest BCUT2D eigenvalue weighted by atomic mass is 9.94. The molecule has 2 N–H and O–H groups in total. The molecule has 0 bridgehead atoms. The number of amides is 1. The number of carbonyl (C=O) groups excluding carboxylic acids is 1. The minimum Gasteiger partial charge on any atom is -0.441 e. The van der Waals surface area contributed by atoms with Crippen molar-refractivity contribution >= 4 is 5.91 Å². The van der Waals surface area contributed by atoms with Crippen LogP contribution in [0.2, 0.25) is 0 Å². The highest BCUT2D eigenvalue weighted by atomic mass is 16.4. The van der Waals surface area contributed by atoms with E-state index in [0.29, 0.717) is 23.3 Å². The number of nitrogens with zero attached hydrogens (tertiary/aromatic N) is 1. The Morgan fingerprint density at radius 2 is 2.17 bits per heavy atom. The van der Waals surface area contributed by atoms with Crippen molar-refractivity contribution in [3.8, 4) is 11.5 Å². The van der Waals surface area contributed by atoms with E-state index in [9.17, 15) is 4.79 Å². The lowest BCUT2D eigenvalue weighted by Gasteiger charge is -2.30. The fourth-order valence-electron chi connectivity index (χ4n) is 2.89. The van der Waals surface area contributed by atoms with Gasteiger partial charge in [0, 0.05) is 18.2 Å². The van der Waals surface area contributed by atoms with Gasteiger partial charge in [0.2, 0.25) is 11.8 Å². The maximum Gasteiger partial charge on any atom is 0.226 e. The van der Waals surface area contributed by atoms with Gasteiger partial charge in [-0.2, -0.15) is 0 Å². The predicted molar refractivity (Wildman–Crippen MR) is 89.0 cm³/mol. The second-order valence-corrected chi connectivity index (χ2v) is 6.21. The molecule has 23 heavy (non-hydrogen) atoms. The van der Waals surface area contributed by atoms with Crippen LogP contribution in [0.15, 0.2) is 34.7 Å². The smallest absolute Gasteiger partial charge is 0.226 e. The van der Waals surface area contributed by atoms with Crippen LogP contribution in [0.1, 0.15) is 24.8 Å². The highest BCUT2D eigenvalue weighted by Crippen LogP contribution is 2.21. The highest BCUT2D eigenvalue weighted by molar-refractivity contribution is 5.78. The van der Waals surface area contributed by atoms with E-state index in [0.717, 1.165) is 25.1 Å². The van der Waals surface area contributed by atoms with Crippen molar-refractivity contribution in [3.63, 3.8) is 0 Å². The third-order valence-electron chi connectivity index (χ3n) is 4.42. The molecule has 2 aromatic rings. The summed E-state index contributed by atoms with van der Waals surface area (Å²) in [6, 6.07) is 9.93. The van der Waals surface area contributed by atoms with E-state index >= 15 is 0 Å². The summed E-state index contributed by atoms with van der Waals surface area (Å²) in [7, 11) is 0. The van der Waals surface area contributed by atoms with Gasteiger partial charge in [-0.05, 0) is 37.9 Å². The lowest BCUT2D eigenvalue weighted by Crippen LogP contribution is -2.50. The molecule has 5 nitrogen and oxygen atoms in total. The minimum atomic E-state index is 0.00145. The summed E-state index contributed by atoms with van der Waals surface area (Å²) in [6.07, 6.45) is 1.34. The monoisotopic (exact) mass is 313 g/mol. The number of aryl methyl sites for hydroxylation is 1. The molecule has 3 rings (SSSR count). The van der Waals surface area contributed by atoms with Crippen LogP contribution in [0.25, 0.3) is 11.5 Å². The fourth-order valence-corrected chi connectivity index (χ4v) is 2.89. The molecule has 0 spiro atoms. The Bertz CT molecular complexity index is 666. The van der Waals surface area contributed by atoms with Gasteiger partial charge in [0.05, 0.1) is 12.1 Å². The van der Waals surface area contributed by atoms with Gasteiger partial charge in [0.15, 0.2) is 0 Å². The predicted octanol–water partition coefficient (Wildman–Crippen LogP) is 2.31. The average Bonchev–Trinajstić information content (AvgIpc) is 2.91. The Morgan fingerprint density at radius 3 is 2.91 bits per heavy atom. The largest absolute Gasteiger partial charge is 0.441 e. The molecule has 1 aromatic heterocycles. The van der Waals surface area contributed by atoms with Crippen LogP contribution in [-0.2, 0) is 11.2 Å². The Labute approximate surface area is 136 Å². The average molecular weight is 313 g/mol. The van der Waals surface area contributed by atoms with E-state index in [1.54, 1.807) is 0 Å². The second-order valence-electron chi connectivity index (χ2n) is 6.21. The van der Waals surface area contributed by atoms with Crippen LogP contribution in [0.5, 0.6) is 0 Å². The van der Waals surface area contributed by atoms with Gasteiger partial charge in [-0.15, -0.1) is 0 Å². The topological polar surface area (TPSA) is 67.2 Å². The number of carbonyl (C=O) groups is 1.